The van der Waals surface area contributed by atoms with E-state index in [0.717, 1.165) is 5.56 Å². The molecule has 0 saturated heterocycles. The molecule has 2 heterocycles. The summed E-state index contributed by atoms with van der Waals surface area (Å²) in [6, 6.07) is 9.15. The van der Waals surface area contributed by atoms with Gasteiger partial charge in [0.1, 0.15) is 0 Å². The third-order valence-corrected chi connectivity index (χ3v) is 4.33. The van der Waals surface area contributed by atoms with Crippen molar-refractivity contribution in [3.8, 4) is 0 Å². The normalized spacial score (nSPS) is 12.3. The van der Waals surface area contributed by atoms with E-state index in [0.29, 0.717) is 22.5 Å². The van der Waals surface area contributed by atoms with Gasteiger partial charge >= 0.3 is 0 Å². The lowest BCUT2D eigenvalue weighted by Crippen LogP contribution is -2.30. The van der Waals surface area contributed by atoms with Gasteiger partial charge in [0.2, 0.25) is 11.1 Å². The Hall–Kier alpha value is -2.12. The van der Waals surface area contributed by atoms with Crippen molar-refractivity contribution in [1.29, 1.82) is 0 Å². The number of rotatable bonds is 5. The van der Waals surface area contributed by atoms with Crippen LogP contribution in [0.25, 0.3) is 5.78 Å². The van der Waals surface area contributed by atoms with Crippen LogP contribution >= 0.6 is 23.4 Å². The Labute approximate surface area is 142 Å². The van der Waals surface area contributed by atoms with Crippen molar-refractivity contribution >= 4 is 35.0 Å². The van der Waals surface area contributed by atoms with E-state index >= 15 is 0 Å². The SMILES string of the molecule is CC(Sc1nc2ncccn2n1)C(=O)NCc1ccc(Cl)cc1. The molecule has 0 aliphatic rings. The monoisotopic (exact) mass is 347 g/mol. The predicted molar refractivity (Wildman–Crippen MR) is 89.4 cm³/mol. The zero-order valence-electron chi connectivity index (χ0n) is 12.3. The maximum atomic E-state index is 12.2. The zero-order chi connectivity index (χ0) is 16.2. The fourth-order valence-corrected chi connectivity index (χ4v) is 2.81. The number of nitrogens with one attached hydrogen (secondary N) is 1. The fourth-order valence-electron chi connectivity index (χ4n) is 1.91. The molecule has 3 aromatic rings. The minimum atomic E-state index is -0.306. The van der Waals surface area contributed by atoms with Crippen LogP contribution in [0.5, 0.6) is 0 Å². The topological polar surface area (TPSA) is 72.2 Å². The summed E-state index contributed by atoms with van der Waals surface area (Å²) in [6.07, 6.45) is 3.42. The van der Waals surface area contributed by atoms with Crippen molar-refractivity contribution in [2.24, 2.45) is 0 Å². The highest BCUT2D eigenvalue weighted by Crippen LogP contribution is 2.20. The maximum Gasteiger partial charge on any atom is 0.253 e. The van der Waals surface area contributed by atoms with Crippen molar-refractivity contribution in [2.75, 3.05) is 0 Å². The predicted octanol–water partition coefficient (Wildman–Crippen LogP) is 2.57. The number of hydrogen-bond donors (Lipinski definition) is 1. The Morgan fingerprint density at radius 1 is 1.39 bits per heavy atom. The van der Waals surface area contributed by atoms with Crippen LogP contribution in [0.4, 0.5) is 0 Å². The minimum Gasteiger partial charge on any atom is -0.351 e. The van der Waals surface area contributed by atoms with E-state index in [1.165, 1.54) is 11.8 Å². The van der Waals surface area contributed by atoms with Crippen molar-refractivity contribution in [3.63, 3.8) is 0 Å². The van der Waals surface area contributed by atoms with Gasteiger partial charge in [0.25, 0.3) is 5.78 Å². The van der Waals surface area contributed by atoms with Crippen LogP contribution in [0.15, 0.2) is 47.9 Å². The summed E-state index contributed by atoms with van der Waals surface area (Å²) >= 11 is 7.14. The molecule has 1 N–H and O–H groups in total. The molecule has 1 amide bonds. The maximum absolute atomic E-state index is 12.2. The number of carbonyl (C=O) groups is 1. The van der Waals surface area contributed by atoms with Crippen LogP contribution in [0.2, 0.25) is 5.02 Å². The number of halogens is 1. The highest BCUT2D eigenvalue weighted by molar-refractivity contribution is 8.00. The quantitative estimate of drug-likeness (QED) is 0.718. The number of fused-ring (bicyclic) bond motifs is 1. The van der Waals surface area contributed by atoms with Gasteiger partial charge in [0, 0.05) is 24.0 Å². The molecule has 6 nitrogen and oxygen atoms in total. The molecule has 0 bridgehead atoms. The van der Waals surface area contributed by atoms with E-state index in [1.54, 1.807) is 35.1 Å². The van der Waals surface area contributed by atoms with E-state index in [4.69, 9.17) is 11.6 Å². The molecule has 8 heteroatoms. The summed E-state index contributed by atoms with van der Waals surface area (Å²) in [5.41, 5.74) is 0.995. The minimum absolute atomic E-state index is 0.0724. The van der Waals surface area contributed by atoms with E-state index in [2.05, 4.69) is 20.4 Å². The number of nitrogens with zero attached hydrogens (tertiary/aromatic N) is 4. The van der Waals surface area contributed by atoms with Gasteiger partial charge in [-0.3, -0.25) is 4.79 Å². The van der Waals surface area contributed by atoms with E-state index in [-0.39, 0.29) is 11.2 Å². The lowest BCUT2D eigenvalue weighted by molar-refractivity contribution is -0.120. The second kappa shape index (κ2) is 6.97. The summed E-state index contributed by atoms with van der Waals surface area (Å²) < 4.78 is 1.58. The lowest BCUT2D eigenvalue weighted by Gasteiger charge is -2.10. The summed E-state index contributed by atoms with van der Waals surface area (Å²) in [7, 11) is 0. The molecule has 2 aromatic heterocycles. The molecular weight excluding hydrogens is 334 g/mol. The summed E-state index contributed by atoms with van der Waals surface area (Å²) in [5.74, 6) is 0.445. The fraction of sp³-hybridized carbons (Fsp3) is 0.200. The van der Waals surface area contributed by atoms with Gasteiger partial charge in [-0.25, -0.2) is 9.50 Å². The second-order valence-electron chi connectivity index (χ2n) is 4.86. The average Bonchev–Trinajstić information content (AvgIpc) is 2.96. The van der Waals surface area contributed by atoms with Crippen LogP contribution in [0.3, 0.4) is 0 Å². The van der Waals surface area contributed by atoms with Gasteiger partial charge in [0.05, 0.1) is 5.25 Å². The molecule has 0 radical (unpaired) electrons. The van der Waals surface area contributed by atoms with Crippen LogP contribution < -0.4 is 5.32 Å². The first-order valence-corrected chi connectivity index (χ1v) is 8.24. The largest absolute Gasteiger partial charge is 0.351 e. The molecule has 0 saturated carbocycles. The molecule has 3 rings (SSSR count). The van der Waals surface area contributed by atoms with Gasteiger partial charge in [-0.2, -0.15) is 4.98 Å². The molecule has 1 atom stereocenters. The Balaban J connectivity index is 1.57. The van der Waals surface area contributed by atoms with Crippen molar-refractivity contribution in [1.82, 2.24) is 24.9 Å². The molecule has 0 aliphatic carbocycles. The standard InChI is InChI=1S/C15H14ClN5OS/c1-10(13(22)18-9-11-3-5-12(16)6-4-11)23-15-19-14-17-7-2-8-21(14)20-15/h2-8,10H,9H2,1H3,(H,18,22). The van der Waals surface area contributed by atoms with Crippen molar-refractivity contribution in [2.45, 2.75) is 23.9 Å². The lowest BCUT2D eigenvalue weighted by atomic mass is 10.2. The van der Waals surface area contributed by atoms with Gasteiger partial charge in [0.15, 0.2) is 0 Å². The van der Waals surface area contributed by atoms with E-state index < -0.39 is 0 Å². The molecule has 0 spiro atoms. The number of aromatic nitrogens is 4. The third kappa shape index (κ3) is 4.00. The smallest absolute Gasteiger partial charge is 0.253 e. The van der Waals surface area contributed by atoms with Crippen LogP contribution in [-0.4, -0.2) is 30.7 Å². The van der Waals surface area contributed by atoms with Crippen molar-refractivity contribution in [3.05, 3.63) is 53.3 Å². The molecule has 0 fully saturated rings. The van der Waals surface area contributed by atoms with Crippen LogP contribution in [-0.2, 0) is 11.3 Å². The Bertz CT molecular complexity index is 787. The van der Waals surface area contributed by atoms with Crippen molar-refractivity contribution < 1.29 is 4.79 Å². The Morgan fingerprint density at radius 2 is 2.17 bits per heavy atom. The van der Waals surface area contributed by atoms with Crippen LogP contribution in [0, 0.1) is 0 Å². The molecule has 1 aromatic carbocycles. The van der Waals surface area contributed by atoms with E-state index in [9.17, 15) is 4.79 Å². The first-order valence-electron chi connectivity index (χ1n) is 6.98. The van der Waals surface area contributed by atoms with Crippen LogP contribution in [0.1, 0.15) is 12.5 Å². The summed E-state index contributed by atoms with van der Waals surface area (Å²) in [4.78, 5) is 20.5. The third-order valence-electron chi connectivity index (χ3n) is 3.13. The van der Waals surface area contributed by atoms with E-state index in [1.807, 2.05) is 19.1 Å². The second-order valence-corrected chi connectivity index (χ2v) is 6.61. The number of thioether (sulfide) groups is 1. The molecule has 0 aliphatic heterocycles. The number of carbonyl (C=O) groups excluding carboxylic acids is 1. The molecule has 23 heavy (non-hydrogen) atoms. The van der Waals surface area contributed by atoms with Gasteiger partial charge in [-0.1, -0.05) is 35.5 Å². The van der Waals surface area contributed by atoms with Gasteiger partial charge in [-0.05, 0) is 30.7 Å². The average molecular weight is 348 g/mol. The Morgan fingerprint density at radius 3 is 2.91 bits per heavy atom. The molecule has 1 unspecified atom stereocenters. The summed E-state index contributed by atoms with van der Waals surface area (Å²) in [6.45, 7) is 2.28. The van der Waals surface area contributed by atoms with Gasteiger partial charge in [-0.15, -0.1) is 5.10 Å². The zero-order valence-corrected chi connectivity index (χ0v) is 13.9. The first kappa shape index (κ1) is 15.8. The number of amides is 1. The Kier molecular flexibility index (Phi) is 4.78. The molecule has 118 valence electrons. The molecular formula is C15H14ClN5OS. The number of hydrogen-bond acceptors (Lipinski definition) is 5. The first-order chi connectivity index (χ1) is 11.1. The highest BCUT2D eigenvalue weighted by Gasteiger charge is 2.17. The highest BCUT2D eigenvalue weighted by atomic mass is 35.5. The number of benzene rings is 1. The summed E-state index contributed by atoms with van der Waals surface area (Å²) in [5, 5.41) is 8.06. The van der Waals surface area contributed by atoms with Gasteiger partial charge < -0.3 is 5.32 Å².